The van der Waals surface area contributed by atoms with Gasteiger partial charge < -0.3 is 20.1 Å². The van der Waals surface area contributed by atoms with Gasteiger partial charge in [0.2, 0.25) is 0 Å². The van der Waals surface area contributed by atoms with Crippen molar-refractivity contribution in [1.29, 1.82) is 0 Å². The van der Waals surface area contributed by atoms with Crippen LogP contribution in [0.3, 0.4) is 0 Å². The van der Waals surface area contributed by atoms with Crippen molar-refractivity contribution in [2.24, 2.45) is 0 Å². The Labute approximate surface area is 117 Å². The molecule has 1 aromatic heterocycles. The summed E-state index contributed by atoms with van der Waals surface area (Å²) in [5.41, 5.74) is -1.02. The number of hydrogen-bond donors (Lipinski definition) is 4. The van der Waals surface area contributed by atoms with Crippen LogP contribution in [-0.2, 0) is 4.74 Å². The highest BCUT2D eigenvalue weighted by Crippen LogP contribution is 2.29. The maximum atomic E-state index is 12.1. The van der Waals surface area contributed by atoms with Gasteiger partial charge >= 0.3 is 5.69 Å². The number of aromatic amines is 1. The normalized spacial score (nSPS) is 29.1. The van der Waals surface area contributed by atoms with Crippen LogP contribution in [-0.4, -0.2) is 49.8 Å². The Hall–Kier alpha value is -2.00. The second kappa shape index (κ2) is 5.08. The van der Waals surface area contributed by atoms with Crippen molar-refractivity contribution >= 4 is 10.9 Å². The quantitative estimate of drug-likeness (QED) is 0.523. The van der Waals surface area contributed by atoms with Crippen LogP contribution in [0.4, 0.5) is 0 Å². The number of hydrogen-bond acceptors (Lipinski definition) is 6. The van der Waals surface area contributed by atoms with Crippen molar-refractivity contribution in [3.05, 3.63) is 45.1 Å². The molecular formula is C13H14N2O6. The summed E-state index contributed by atoms with van der Waals surface area (Å²) in [7, 11) is 0. The molecule has 0 saturated carbocycles. The molecule has 8 heteroatoms. The summed E-state index contributed by atoms with van der Waals surface area (Å²) in [5.74, 6) is 0. The van der Waals surface area contributed by atoms with E-state index >= 15 is 0 Å². The van der Waals surface area contributed by atoms with E-state index in [2.05, 4.69) is 4.98 Å². The summed E-state index contributed by atoms with van der Waals surface area (Å²) >= 11 is 0. The van der Waals surface area contributed by atoms with Crippen LogP contribution < -0.4 is 11.2 Å². The molecule has 1 aliphatic rings. The fourth-order valence-corrected chi connectivity index (χ4v) is 2.56. The maximum absolute atomic E-state index is 12.1. The zero-order chi connectivity index (χ0) is 15.1. The third-order valence-corrected chi connectivity index (χ3v) is 3.62. The monoisotopic (exact) mass is 294 g/mol. The van der Waals surface area contributed by atoms with Gasteiger partial charge in [-0.1, -0.05) is 12.1 Å². The first-order chi connectivity index (χ1) is 10.0. The van der Waals surface area contributed by atoms with Crippen LogP contribution in [0, 0.1) is 0 Å². The first-order valence-corrected chi connectivity index (χ1v) is 6.40. The van der Waals surface area contributed by atoms with Gasteiger partial charge in [0.25, 0.3) is 5.56 Å². The molecule has 2 heterocycles. The average Bonchev–Trinajstić information content (AvgIpc) is 2.75. The molecule has 1 aliphatic heterocycles. The second-order valence-electron chi connectivity index (χ2n) is 4.88. The van der Waals surface area contributed by atoms with Crippen molar-refractivity contribution in [3.8, 4) is 0 Å². The smallest absolute Gasteiger partial charge is 0.331 e. The summed E-state index contributed by atoms with van der Waals surface area (Å²) in [6.07, 6.45) is -4.90. The first kappa shape index (κ1) is 14.0. The molecule has 0 radical (unpaired) electrons. The minimum absolute atomic E-state index is 0.259. The predicted molar refractivity (Wildman–Crippen MR) is 71.8 cm³/mol. The SMILES string of the molecule is O=c1[nH]c(=O)n([C@@H]2O[C@@H](CO)[C@@H](O)[C@H]2O)c2ccccc12. The highest BCUT2D eigenvalue weighted by molar-refractivity contribution is 5.77. The van der Waals surface area contributed by atoms with E-state index in [-0.39, 0.29) is 10.9 Å². The van der Waals surface area contributed by atoms with E-state index in [4.69, 9.17) is 9.84 Å². The van der Waals surface area contributed by atoms with Gasteiger partial charge in [-0.3, -0.25) is 14.3 Å². The lowest BCUT2D eigenvalue weighted by Gasteiger charge is -2.19. The molecule has 1 saturated heterocycles. The van der Waals surface area contributed by atoms with E-state index in [1.165, 1.54) is 6.07 Å². The highest BCUT2D eigenvalue weighted by atomic mass is 16.6. The molecule has 8 nitrogen and oxygen atoms in total. The van der Waals surface area contributed by atoms with E-state index in [9.17, 15) is 19.8 Å². The van der Waals surface area contributed by atoms with Crippen molar-refractivity contribution in [2.45, 2.75) is 24.5 Å². The van der Waals surface area contributed by atoms with Crippen molar-refractivity contribution in [3.63, 3.8) is 0 Å². The van der Waals surface area contributed by atoms with Gasteiger partial charge in [-0.25, -0.2) is 4.79 Å². The Kier molecular flexibility index (Phi) is 3.38. The molecule has 0 spiro atoms. The summed E-state index contributed by atoms with van der Waals surface area (Å²) < 4.78 is 6.41. The largest absolute Gasteiger partial charge is 0.394 e. The lowest BCUT2D eigenvalue weighted by molar-refractivity contribution is -0.0527. The van der Waals surface area contributed by atoms with Gasteiger partial charge in [0.05, 0.1) is 17.5 Å². The van der Waals surface area contributed by atoms with Crippen molar-refractivity contribution in [1.82, 2.24) is 9.55 Å². The van der Waals surface area contributed by atoms with Crippen LogP contribution in [0.15, 0.2) is 33.9 Å². The lowest BCUT2D eigenvalue weighted by atomic mass is 10.1. The summed E-state index contributed by atoms with van der Waals surface area (Å²) in [4.78, 5) is 26.0. The molecule has 0 amide bonds. The number of ether oxygens (including phenoxy) is 1. The number of benzene rings is 1. The number of aromatic nitrogens is 2. The molecule has 112 valence electrons. The standard InChI is InChI=1S/C13H14N2O6/c16-5-8-9(17)10(18)12(21-8)15-7-4-2-1-3-6(7)11(19)14-13(15)20/h1-4,8-10,12,16-18H,5H2,(H,14,19,20)/t8-,9+,10+,12+/m0/s1. The van der Waals surface area contributed by atoms with Gasteiger partial charge in [-0.05, 0) is 12.1 Å². The zero-order valence-electron chi connectivity index (χ0n) is 10.8. The van der Waals surface area contributed by atoms with Crippen molar-refractivity contribution in [2.75, 3.05) is 6.61 Å². The third-order valence-electron chi connectivity index (χ3n) is 3.62. The van der Waals surface area contributed by atoms with Crippen molar-refractivity contribution < 1.29 is 20.1 Å². The molecule has 4 atom stereocenters. The fraction of sp³-hybridized carbons (Fsp3) is 0.385. The average molecular weight is 294 g/mol. The van der Waals surface area contributed by atoms with Crippen LogP contribution >= 0.6 is 0 Å². The number of H-pyrrole nitrogens is 1. The minimum Gasteiger partial charge on any atom is -0.394 e. The second-order valence-corrected chi connectivity index (χ2v) is 4.88. The molecular weight excluding hydrogens is 280 g/mol. The molecule has 21 heavy (non-hydrogen) atoms. The number of fused-ring (bicyclic) bond motifs is 1. The molecule has 1 aromatic carbocycles. The fourth-order valence-electron chi connectivity index (χ4n) is 2.56. The maximum Gasteiger partial charge on any atom is 0.331 e. The van der Waals surface area contributed by atoms with E-state index in [0.717, 1.165) is 4.57 Å². The number of nitrogens with zero attached hydrogens (tertiary/aromatic N) is 1. The van der Waals surface area contributed by atoms with Gasteiger partial charge in [-0.2, -0.15) is 0 Å². The molecule has 0 aliphatic carbocycles. The highest BCUT2D eigenvalue weighted by Gasteiger charge is 2.44. The van der Waals surface area contributed by atoms with Gasteiger partial charge in [0, 0.05) is 0 Å². The topological polar surface area (TPSA) is 125 Å². The van der Waals surface area contributed by atoms with E-state index in [0.29, 0.717) is 0 Å². The molecule has 0 unspecified atom stereocenters. The summed E-state index contributed by atoms with van der Waals surface area (Å²) in [5, 5.41) is 29.2. The van der Waals surface area contributed by atoms with Crippen LogP contribution in [0.5, 0.6) is 0 Å². The van der Waals surface area contributed by atoms with Crippen LogP contribution in [0.2, 0.25) is 0 Å². The number of aliphatic hydroxyl groups excluding tert-OH is 3. The number of aliphatic hydroxyl groups is 3. The van der Waals surface area contributed by atoms with E-state index in [1.807, 2.05) is 0 Å². The number of nitrogens with one attached hydrogen (secondary N) is 1. The number of para-hydroxylation sites is 1. The Bertz CT molecular complexity index is 782. The minimum atomic E-state index is -1.39. The summed E-state index contributed by atoms with van der Waals surface area (Å²) in [6.45, 7) is -0.495. The van der Waals surface area contributed by atoms with Crippen LogP contribution in [0.25, 0.3) is 10.9 Å². The Morgan fingerprint density at radius 2 is 1.90 bits per heavy atom. The zero-order valence-corrected chi connectivity index (χ0v) is 10.8. The Morgan fingerprint density at radius 1 is 1.19 bits per heavy atom. The van der Waals surface area contributed by atoms with Gasteiger partial charge in [0.1, 0.15) is 18.3 Å². The Morgan fingerprint density at radius 3 is 2.57 bits per heavy atom. The third kappa shape index (κ3) is 2.09. The number of rotatable bonds is 2. The molecule has 2 aromatic rings. The van der Waals surface area contributed by atoms with Gasteiger partial charge in [0.15, 0.2) is 6.23 Å². The summed E-state index contributed by atoms with van der Waals surface area (Å²) in [6, 6.07) is 6.36. The van der Waals surface area contributed by atoms with E-state index < -0.39 is 42.4 Å². The molecule has 3 rings (SSSR count). The van der Waals surface area contributed by atoms with Crippen LogP contribution in [0.1, 0.15) is 6.23 Å². The lowest BCUT2D eigenvalue weighted by Crippen LogP contribution is -2.38. The molecule has 4 N–H and O–H groups in total. The molecule has 1 fully saturated rings. The van der Waals surface area contributed by atoms with Gasteiger partial charge in [-0.15, -0.1) is 0 Å². The molecule has 0 bridgehead atoms. The first-order valence-electron chi connectivity index (χ1n) is 6.40. The predicted octanol–water partition coefficient (Wildman–Crippen LogP) is -1.70. The Balaban J connectivity index is 2.22. The van der Waals surface area contributed by atoms with E-state index in [1.54, 1.807) is 18.2 Å².